The van der Waals surface area contributed by atoms with Crippen LogP contribution < -0.4 is 10.9 Å². The number of allylic oxidation sites excluding steroid dienone is 3. The van der Waals surface area contributed by atoms with E-state index in [1.54, 1.807) is 0 Å². The maximum Gasteiger partial charge on any atom is 0.303 e. The normalized spacial score (nSPS) is 20.9. The topological polar surface area (TPSA) is 84.9 Å². The SMILES string of the molecule is O=C(O)CCCN1NC(C2=C3C=CC=CN3NC2c2ccccc2)=CCC1=O. The van der Waals surface area contributed by atoms with Gasteiger partial charge in [0.2, 0.25) is 5.91 Å². The molecule has 1 aromatic carbocycles. The van der Waals surface area contributed by atoms with E-state index in [9.17, 15) is 9.59 Å². The summed E-state index contributed by atoms with van der Waals surface area (Å²) in [5.74, 6) is -0.915. The fourth-order valence-electron chi connectivity index (χ4n) is 3.60. The number of nitrogens with zero attached hydrogens (tertiary/aromatic N) is 2. The van der Waals surface area contributed by atoms with Gasteiger partial charge in [-0.15, -0.1) is 0 Å². The predicted molar refractivity (Wildman–Crippen MR) is 104 cm³/mol. The number of carboxylic acids is 1. The molecule has 0 radical (unpaired) electrons. The number of carbonyl (C=O) groups excluding carboxylic acids is 1. The van der Waals surface area contributed by atoms with Crippen molar-refractivity contribution in [1.29, 1.82) is 0 Å². The van der Waals surface area contributed by atoms with Crippen molar-refractivity contribution in [2.24, 2.45) is 0 Å². The summed E-state index contributed by atoms with van der Waals surface area (Å²) in [6.07, 6.45) is 10.6. The number of carboxylic acid groups (broad SMARTS) is 1. The van der Waals surface area contributed by atoms with Crippen LogP contribution in [-0.4, -0.2) is 33.5 Å². The van der Waals surface area contributed by atoms with Crippen molar-refractivity contribution >= 4 is 11.9 Å². The number of rotatable bonds is 6. The third kappa shape index (κ3) is 3.57. The lowest BCUT2D eigenvalue weighted by molar-refractivity contribution is -0.138. The van der Waals surface area contributed by atoms with Crippen LogP contribution in [0.15, 0.2) is 77.8 Å². The molecule has 0 saturated heterocycles. The first-order chi connectivity index (χ1) is 13.6. The molecule has 3 aliphatic heterocycles. The van der Waals surface area contributed by atoms with Crippen molar-refractivity contribution in [3.63, 3.8) is 0 Å². The van der Waals surface area contributed by atoms with Crippen LogP contribution in [0.3, 0.4) is 0 Å². The maximum atomic E-state index is 12.3. The van der Waals surface area contributed by atoms with Gasteiger partial charge in [-0.2, -0.15) is 0 Å². The first kappa shape index (κ1) is 18.1. The molecule has 1 aromatic rings. The molecule has 28 heavy (non-hydrogen) atoms. The highest BCUT2D eigenvalue weighted by Gasteiger charge is 2.35. The van der Waals surface area contributed by atoms with Gasteiger partial charge in [0, 0.05) is 31.2 Å². The molecule has 1 unspecified atom stereocenters. The van der Waals surface area contributed by atoms with E-state index >= 15 is 0 Å². The van der Waals surface area contributed by atoms with Gasteiger partial charge in [-0.05, 0) is 30.2 Å². The standard InChI is InChI=1S/C21H22N4O3/c26-18-12-11-16(22-25(18)14-6-10-19(27)28)20-17-9-4-5-13-24(17)23-21(20)15-7-2-1-3-8-15/h1-5,7-9,11,13,21-23H,6,10,12,14H2,(H,27,28). The van der Waals surface area contributed by atoms with Gasteiger partial charge in [0.25, 0.3) is 0 Å². The quantitative estimate of drug-likeness (QED) is 0.705. The zero-order chi connectivity index (χ0) is 19.5. The Hall–Kier alpha value is -3.32. The number of amides is 1. The summed E-state index contributed by atoms with van der Waals surface area (Å²) in [5, 5.41) is 12.4. The second-order valence-electron chi connectivity index (χ2n) is 6.82. The average molecular weight is 378 g/mol. The Balaban J connectivity index is 1.62. The zero-order valence-corrected chi connectivity index (χ0v) is 15.3. The van der Waals surface area contributed by atoms with Crippen molar-refractivity contribution in [1.82, 2.24) is 20.9 Å². The summed E-state index contributed by atoms with van der Waals surface area (Å²) in [4.78, 5) is 23.1. The lowest BCUT2D eigenvalue weighted by Crippen LogP contribution is -2.46. The molecule has 0 bridgehead atoms. The summed E-state index contributed by atoms with van der Waals surface area (Å²) >= 11 is 0. The number of hydrogen-bond acceptors (Lipinski definition) is 5. The Morgan fingerprint density at radius 2 is 2.04 bits per heavy atom. The van der Waals surface area contributed by atoms with E-state index in [0.717, 1.165) is 22.5 Å². The number of fused-ring (bicyclic) bond motifs is 1. The highest BCUT2D eigenvalue weighted by Crippen LogP contribution is 2.38. The molecule has 0 spiro atoms. The van der Waals surface area contributed by atoms with Gasteiger partial charge in [0.1, 0.15) is 0 Å². The molecule has 3 heterocycles. The Morgan fingerprint density at radius 1 is 1.21 bits per heavy atom. The second kappa shape index (κ2) is 7.74. The number of hydrazine groups is 2. The van der Waals surface area contributed by atoms with Crippen molar-refractivity contribution in [2.45, 2.75) is 25.3 Å². The number of benzene rings is 1. The molecule has 144 valence electrons. The first-order valence-electron chi connectivity index (χ1n) is 9.32. The average Bonchev–Trinajstić information content (AvgIpc) is 3.09. The molecule has 4 rings (SSSR count). The molecule has 0 aromatic heterocycles. The monoisotopic (exact) mass is 378 g/mol. The van der Waals surface area contributed by atoms with Gasteiger partial charge < -0.3 is 5.11 Å². The van der Waals surface area contributed by atoms with Crippen LogP contribution >= 0.6 is 0 Å². The summed E-state index contributed by atoms with van der Waals surface area (Å²) in [6, 6.07) is 10.1. The lowest BCUT2D eigenvalue weighted by atomic mass is 9.95. The van der Waals surface area contributed by atoms with Crippen LogP contribution in [0.4, 0.5) is 0 Å². The molecule has 7 heteroatoms. The third-order valence-electron chi connectivity index (χ3n) is 4.93. The van der Waals surface area contributed by atoms with Gasteiger partial charge in [-0.25, -0.2) is 5.43 Å². The van der Waals surface area contributed by atoms with E-state index in [1.807, 2.05) is 53.7 Å². The van der Waals surface area contributed by atoms with Gasteiger partial charge in [0.05, 0.1) is 17.4 Å². The Morgan fingerprint density at radius 3 is 2.82 bits per heavy atom. The molecule has 0 fully saturated rings. The number of carbonyl (C=O) groups is 2. The smallest absolute Gasteiger partial charge is 0.303 e. The Bertz CT molecular complexity index is 901. The van der Waals surface area contributed by atoms with Gasteiger partial charge in [-0.3, -0.25) is 25.0 Å². The molecule has 3 aliphatic rings. The molecule has 1 atom stereocenters. The number of aliphatic carboxylic acids is 1. The molecular weight excluding hydrogens is 356 g/mol. The van der Waals surface area contributed by atoms with Crippen molar-refractivity contribution < 1.29 is 14.7 Å². The molecule has 7 nitrogen and oxygen atoms in total. The van der Waals surface area contributed by atoms with Gasteiger partial charge >= 0.3 is 5.97 Å². The minimum atomic E-state index is -0.857. The fourth-order valence-corrected chi connectivity index (χ4v) is 3.60. The van der Waals surface area contributed by atoms with E-state index in [1.165, 1.54) is 5.01 Å². The summed E-state index contributed by atoms with van der Waals surface area (Å²) in [6.45, 7) is 0.355. The highest BCUT2D eigenvalue weighted by molar-refractivity contribution is 5.79. The van der Waals surface area contributed by atoms with Gasteiger partial charge in [0.15, 0.2) is 0 Å². The Kier molecular flexibility index (Phi) is 4.99. The van der Waals surface area contributed by atoms with E-state index in [-0.39, 0.29) is 24.8 Å². The van der Waals surface area contributed by atoms with Crippen LogP contribution in [-0.2, 0) is 9.59 Å². The highest BCUT2D eigenvalue weighted by atomic mass is 16.4. The maximum absolute atomic E-state index is 12.3. The minimum Gasteiger partial charge on any atom is -0.481 e. The number of hydrogen-bond donors (Lipinski definition) is 3. The molecular formula is C21H22N4O3. The zero-order valence-electron chi connectivity index (χ0n) is 15.3. The minimum absolute atomic E-state index is 0.0357. The van der Waals surface area contributed by atoms with Crippen LogP contribution in [0.5, 0.6) is 0 Å². The summed E-state index contributed by atoms with van der Waals surface area (Å²) < 4.78 is 0. The summed E-state index contributed by atoms with van der Waals surface area (Å²) in [7, 11) is 0. The van der Waals surface area contributed by atoms with E-state index in [0.29, 0.717) is 13.0 Å². The van der Waals surface area contributed by atoms with Crippen LogP contribution in [0.1, 0.15) is 30.9 Å². The van der Waals surface area contributed by atoms with Crippen molar-refractivity contribution in [3.8, 4) is 0 Å². The third-order valence-corrected chi connectivity index (χ3v) is 4.93. The lowest BCUT2D eigenvalue weighted by Gasteiger charge is -2.31. The summed E-state index contributed by atoms with van der Waals surface area (Å²) in [5.41, 5.74) is 10.8. The van der Waals surface area contributed by atoms with Crippen molar-refractivity contribution in [3.05, 3.63) is 83.4 Å². The fraction of sp³-hybridized carbons (Fsp3) is 0.238. The first-order valence-corrected chi connectivity index (χ1v) is 9.32. The van der Waals surface area contributed by atoms with Crippen LogP contribution in [0, 0.1) is 0 Å². The van der Waals surface area contributed by atoms with E-state index in [4.69, 9.17) is 5.11 Å². The molecule has 0 saturated carbocycles. The van der Waals surface area contributed by atoms with Gasteiger partial charge in [-0.1, -0.05) is 36.4 Å². The van der Waals surface area contributed by atoms with E-state index in [2.05, 4.69) is 23.0 Å². The predicted octanol–water partition coefficient (Wildman–Crippen LogP) is 2.37. The van der Waals surface area contributed by atoms with Crippen LogP contribution in [0.25, 0.3) is 0 Å². The van der Waals surface area contributed by atoms with Crippen molar-refractivity contribution in [2.75, 3.05) is 6.54 Å². The van der Waals surface area contributed by atoms with E-state index < -0.39 is 5.97 Å². The second-order valence-corrected chi connectivity index (χ2v) is 6.82. The number of nitrogens with one attached hydrogen (secondary N) is 2. The molecule has 1 amide bonds. The molecule has 3 N–H and O–H groups in total. The van der Waals surface area contributed by atoms with Crippen LogP contribution in [0.2, 0.25) is 0 Å². The largest absolute Gasteiger partial charge is 0.481 e. The molecule has 0 aliphatic carbocycles. The Labute approximate surface area is 163 Å².